The zero-order chi connectivity index (χ0) is 12.4. The molecule has 0 aliphatic rings. The molecule has 0 saturated carbocycles. The molecule has 0 spiro atoms. The Morgan fingerprint density at radius 2 is 1.60 bits per heavy atom. The van der Waals surface area contributed by atoms with Crippen LogP contribution in [0.4, 0.5) is 0 Å². The molecule has 0 radical (unpaired) electrons. The minimum atomic E-state index is -0.303. The third-order valence-electron chi connectivity index (χ3n) is 1.34. The van der Waals surface area contributed by atoms with Gasteiger partial charge >= 0.3 is 12.1 Å². The summed E-state index contributed by atoms with van der Waals surface area (Å²) in [4.78, 5) is 31.4. The van der Waals surface area contributed by atoms with Gasteiger partial charge in [-0.25, -0.2) is 4.79 Å². The maximum atomic E-state index is 11.3. The molecule has 0 bridgehead atoms. The Balaban J connectivity index is 0. The number of nitrogens with zero attached hydrogens (tertiary/aromatic N) is 1. The first kappa shape index (κ1) is 16.0. The Kier molecular flexibility index (Phi) is 9.68. The fourth-order valence-corrected chi connectivity index (χ4v) is 0.860. The third kappa shape index (κ3) is 8.84. The molecule has 0 saturated heterocycles. The number of rotatable bonds is 3. The van der Waals surface area contributed by atoms with E-state index in [2.05, 4.69) is 4.99 Å². The van der Waals surface area contributed by atoms with Crippen molar-refractivity contribution >= 4 is 17.8 Å². The Hall–Kier alpha value is -1.48. The van der Waals surface area contributed by atoms with Crippen LogP contribution >= 0.6 is 0 Å². The van der Waals surface area contributed by atoms with E-state index in [4.69, 9.17) is 14.3 Å². The molecule has 0 rings (SSSR count). The molecular formula is C10H17NO4. The standard InChI is InChI=1S/C9H17NO2.CO2/c1-6(2)8(10-5)9(11)12-7(3)4;2-1-3/h6-7H,1-5H3;. The first-order valence-corrected chi connectivity index (χ1v) is 4.57. The van der Waals surface area contributed by atoms with E-state index >= 15 is 0 Å². The van der Waals surface area contributed by atoms with Crippen LogP contribution in [0, 0.1) is 5.92 Å². The van der Waals surface area contributed by atoms with Gasteiger partial charge in [-0.3, -0.25) is 4.99 Å². The van der Waals surface area contributed by atoms with E-state index in [0.29, 0.717) is 5.71 Å². The second-order valence-corrected chi connectivity index (χ2v) is 3.30. The predicted molar refractivity (Wildman–Crippen MR) is 54.4 cm³/mol. The summed E-state index contributed by atoms with van der Waals surface area (Å²) in [5.74, 6) is -0.177. The predicted octanol–water partition coefficient (Wildman–Crippen LogP) is 1.08. The molecular weight excluding hydrogens is 198 g/mol. The highest BCUT2D eigenvalue weighted by Gasteiger charge is 2.16. The molecule has 5 nitrogen and oxygen atoms in total. The van der Waals surface area contributed by atoms with Crippen LogP contribution in [0.25, 0.3) is 0 Å². The second kappa shape index (κ2) is 9.09. The van der Waals surface area contributed by atoms with E-state index in [1.54, 1.807) is 7.05 Å². The zero-order valence-electron chi connectivity index (χ0n) is 9.73. The van der Waals surface area contributed by atoms with Crippen LogP contribution in [-0.2, 0) is 19.1 Å². The molecule has 0 unspecified atom stereocenters. The van der Waals surface area contributed by atoms with Gasteiger partial charge in [-0.05, 0) is 13.8 Å². The van der Waals surface area contributed by atoms with Crippen molar-refractivity contribution in [3.8, 4) is 0 Å². The summed E-state index contributed by atoms with van der Waals surface area (Å²) >= 11 is 0. The number of aliphatic imine (C=N–C) groups is 1. The Bertz CT molecular complexity index is 250. The smallest absolute Gasteiger partial charge is 0.373 e. The van der Waals surface area contributed by atoms with Crippen molar-refractivity contribution < 1.29 is 19.1 Å². The van der Waals surface area contributed by atoms with Crippen molar-refractivity contribution in [2.45, 2.75) is 33.8 Å². The molecule has 0 N–H and O–H groups in total. The minimum absolute atomic E-state index is 0.0759. The molecule has 86 valence electrons. The first-order valence-electron chi connectivity index (χ1n) is 4.57. The quantitative estimate of drug-likeness (QED) is 0.521. The summed E-state index contributed by atoms with van der Waals surface area (Å²) in [6, 6.07) is 0. The van der Waals surface area contributed by atoms with E-state index in [0.717, 1.165) is 0 Å². The largest absolute Gasteiger partial charge is 0.458 e. The van der Waals surface area contributed by atoms with E-state index < -0.39 is 0 Å². The first-order chi connectivity index (χ1) is 6.90. The molecule has 0 aromatic carbocycles. The Morgan fingerprint density at radius 1 is 1.20 bits per heavy atom. The van der Waals surface area contributed by atoms with E-state index in [-0.39, 0.29) is 24.1 Å². The van der Waals surface area contributed by atoms with Crippen molar-refractivity contribution in [3.63, 3.8) is 0 Å². The highest BCUT2D eigenvalue weighted by molar-refractivity contribution is 6.37. The third-order valence-corrected chi connectivity index (χ3v) is 1.34. The van der Waals surface area contributed by atoms with Gasteiger partial charge in [-0.1, -0.05) is 13.8 Å². The molecule has 0 atom stereocenters. The van der Waals surface area contributed by atoms with E-state index in [1.165, 1.54) is 0 Å². The monoisotopic (exact) mass is 215 g/mol. The van der Waals surface area contributed by atoms with Crippen LogP contribution in [0.15, 0.2) is 4.99 Å². The summed E-state index contributed by atoms with van der Waals surface area (Å²) in [6.07, 6.45) is 0.174. The van der Waals surface area contributed by atoms with Gasteiger partial charge in [0.1, 0.15) is 5.71 Å². The number of carbonyl (C=O) groups excluding carboxylic acids is 3. The van der Waals surface area contributed by atoms with Crippen molar-refractivity contribution in [2.24, 2.45) is 10.9 Å². The molecule has 0 aromatic rings. The number of hydrogen-bond donors (Lipinski definition) is 0. The minimum Gasteiger partial charge on any atom is -0.458 e. The lowest BCUT2D eigenvalue weighted by Gasteiger charge is -2.11. The van der Waals surface area contributed by atoms with Gasteiger partial charge in [-0.15, -0.1) is 0 Å². The average molecular weight is 215 g/mol. The molecule has 0 fully saturated rings. The van der Waals surface area contributed by atoms with Crippen molar-refractivity contribution in [2.75, 3.05) is 7.05 Å². The number of hydrogen-bond acceptors (Lipinski definition) is 5. The molecule has 0 amide bonds. The van der Waals surface area contributed by atoms with Gasteiger partial charge in [0, 0.05) is 13.0 Å². The maximum Gasteiger partial charge on any atom is 0.373 e. The molecule has 0 aromatic heterocycles. The summed E-state index contributed by atoms with van der Waals surface area (Å²) in [6.45, 7) is 7.49. The van der Waals surface area contributed by atoms with Crippen molar-refractivity contribution in [1.82, 2.24) is 0 Å². The molecule has 5 heteroatoms. The fourth-order valence-electron chi connectivity index (χ4n) is 0.860. The van der Waals surface area contributed by atoms with Crippen LogP contribution in [0.3, 0.4) is 0 Å². The molecule has 0 aliphatic carbocycles. The summed E-state index contributed by atoms with van der Waals surface area (Å²) in [7, 11) is 1.61. The van der Waals surface area contributed by atoms with Crippen molar-refractivity contribution in [1.29, 1.82) is 0 Å². The number of ether oxygens (including phenoxy) is 1. The van der Waals surface area contributed by atoms with Gasteiger partial charge in [0.15, 0.2) is 0 Å². The summed E-state index contributed by atoms with van der Waals surface area (Å²) in [5, 5.41) is 0. The van der Waals surface area contributed by atoms with Crippen molar-refractivity contribution in [3.05, 3.63) is 0 Å². The van der Waals surface area contributed by atoms with Gasteiger partial charge < -0.3 is 4.74 Å². The Labute approximate surface area is 89.5 Å². The number of carbonyl (C=O) groups is 1. The lowest BCUT2D eigenvalue weighted by Crippen LogP contribution is -2.25. The molecule has 15 heavy (non-hydrogen) atoms. The normalized spacial score (nSPS) is 10.5. The lowest BCUT2D eigenvalue weighted by atomic mass is 10.1. The lowest BCUT2D eigenvalue weighted by molar-refractivity contribution is -0.191. The van der Waals surface area contributed by atoms with E-state index in [9.17, 15) is 4.79 Å². The number of esters is 1. The summed E-state index contributed by atoms with van der Waals surface area (Å²) < 4.78 is 4.99. The highest BCUT2D eigenvalue weighted by Crippen LogP contribution is 2.01. The zero-order valence-corrected chi connectivity index (χ0v) is 9.73. The topological polar surface area (TPSA) is 72.8 Å². The fraction of sp³-hybridized carbons (Fsp3) is 0.700. The van der Waals surface area contributed by atoms with Gasteiger partial charge in [-0.2, -0.15) is 9.59 Å². The van der Waals surface area contributed by atoms with Crippen LogP contribution < -0.4 is 0 Å². The van der Waals surface area contributed by atoms with Gasteiger partial charge in [0.2, 0.25) is 0 Å². The highest BCUT2D eigenvalue weighted by atomic mass is 16.5. The van der Waals surface area contributed by atoms with Gasteiger partial charge in [0.05, 0.1) is 6.10 Å². The molecule has 0 heterocycles. The van der Waals surface area contributed by atoms with Crippen LogP contribution in [0.5, 0.6) is 0 Å². The van der Waals surface area contributed by atoms with Gasteiger partial charge in [0.25, 0.3) is 0 Å². The summed E-state index contributed by atoms with van der Waals surface area (Å²) in [5.41, 5.74) is 0.503. The van der Waals surface area contributed by atoms with Crippen LogP contribution in [-0.4, -0.2) is 31.0 Å². The maximum absolute atomic E-state index is 11.3. The molecule has 0 aliphatic heterocycles. The van der Waals surface area contributed by atoms with Crippen LogP contribution in [0.1, 0.15) is 27.7 Å². The average Bonchev–Trinajstić information content (AvgIpc) is 2.03. The Morgan fingerprint density at radius 3 is 1.80 bits per heavy atom. The van der Waals surface area contributed by atoms with Crippen LogP contribution in [0.2, 0.25) is 0 Å². The van der Waals surface area contributed by atoms with E-state index in [1.807, 2.05) is 27.7 Å². The SMILES string of the molecule is CN=C(C(=O)OC(C)C)C(C)C.O=C=O. The second-order valence-electron chi connectivity index (χ2n) is 3.30.